The number of hydrogen-bond donors (Lipinski definition) is 2. The lowest BCUT2D eigenvalue weighted by Crippen LogP contribution is -2.38. The SMILES string of the molecule is CC(C)(C)OC(=O)NCC(Cc1cccc(F)c1F)C(=O)O. The van der Waals surface area contributed by atoms with E-state index in [0.29, 0.717) is 0 Å². The number of nitrogens with one attached hydrogen (secondary N) is 1. The van der Waals surface area contributed by atoms with Gasteiger partial charge in [-0.05, 0) is 38.8 Å². The number of hydrogen-bond acceptors (Lipinski definition) is 3. The first-order valence-corrected chi connectivity index (χ1v) is 6.72. The summed E-state index contributed by atoms with van der Waals surface area (Å²) in [6.07, 6.45) is -1.01. The normalized spacial score (nSPS) is 12.6. The lowest BCUT2D eigenvalue weighted by molar-refractivity contribution is -0.141. The van der Waals surface area contributed by atoms with Crippen LogP contribution in [0.15, 0.2) is 18.2 Å². The third-order valence-electron chi connectivity index (χ3n) is 2.74. The Bertz CT molecular complexity index is 555. The average molecular weight is 315 g/mol. The molecule has 0 aliphatic carbocycles. The Balaban J connectivity index is 2.69. The molecule has 122 valence electrons. The van der Waals surface area contributed by atoms with Crippen LogP contribution in [0, 0.1) is 17.6 Å². The van der Waals surface area contributed by atoms with E-state index in [1.807, 2.05) is 0 Å². The lowest BCUT2D eigenvalue weighted by atomic mass is 9.99. The highest BCUT2D eigenvalue weighted by Crippen LogP contribution is 2.16. The Morgan fingerprint density at radius 1 is 1.32 bits per heavy atom. The van der Waals surface area contributed by atoms with Crippen LogP contribution in [-0.4, -0.2) is 29.3 Å². The standard InChI is InChI=1S/C15H19F2NO4/c1-15(2,3)22-14(21)18-8-10(13(19)20)7-9-5-4-6-11(16)12(9)17/h4-6,10H,7-8H2,1-3H3,(H,18,21)(H,19,20). The maximum Gasteiger partial charge on any atom is 0.407 e. The largest absolute Gasteiger partial charge is 0.481 e. The molecule has 2 N–H and O–H groups in total. The summed E-state index contributed by atoms with van der Waals surface area (Å²) in [4.78, 5) is 22.7. The van der Waals surface area contributed by atoms with Gasteiger partial charge in [0.2, 0.25) is 0 Å². The van der Waals surface area contributed by atoms with Crippen LogP contribution >= 0.6 is 0 Å². The van der Waals surface area contributed by atoms with Gasteiger partial charge in [-0.25, -0.2) is 13.6 Å². The fourth-order valence-electron chi connectivity index (χ4n) is 1.74. The van der Waals surface area contributed by atoms with E-state index in [0.717, 1.165) is 6.07 Å². The van der Waals surface area contributed by atoms with E-state index >= 15 is 0 Å². The second-order valence-corrected chi connectivity index (χ2v) is 5.84. The number of halogens is 2. The average Bonchev–Trinajstić information content (AvgIpc) is 2.36. The Morgan fingerprint density at radius 3 is 2.50 bits per heavy atom. The molecule has 0 aliphatic rings. The molecule has 0 aromatic heterocycles. The van der Waals surface area contributed by atoms with Crippen molar-refractivity contribution >= 4 is 12.1 Å². The van der Waals surface area contributed by atoms with Crippen molar-refractivity contribution in [2.24, 2.45) is 5.92 Å². The van der Waals surface area contributed by atoms with Gasteiger partial charge in [-0.15, -0.1) is 0 Å². The Morgan fingerprint density at radius 2 is 1.95 bits per heavy atom. The van der Waals surface area contributed by atoms with E-state index in [1.165, 1.54) is 12.1 Å². The highest BCUT2D eigenvalue weighted by atomic mass is 19.2. The van der Waals surface area contributed by atoms with Crippen molar-refractivity contribution in [2.75, 3.05) is 6.54 Å². The van der Waals surface area contributed by atoms with Crippen molar-refractivity contribution in [1.82, 2.24) is 5.32 Å². The number of carbonyl (C=O) groups excluding carboxylic acids is 1. The predicted octanol–water partition coefficient (Wildman–Crippen LogP) is 2.73. The van der Waals surface area contributed by atoms with Crippen LogP contribution in [0.2, 0.25) is 0 Å². The molecular formula is C15H19F2NO4. The molecular weight excluding hydrogens is 296 g/mol. The van der Waals surface area contributed by atoms with Crippen molar-refractivity contribution in [2.45, 2.75) is 32.8 Å². The van der Waals surface area contributed by atoms with Crippen molar-refractivity contribution < 1.29 is 28.2 Å². The van der Waals surface area contributed by atoms with Crippen LogP contribution in [0.5, 0.6) is 0 Å². The first kappa shape index (κ1) is 17.9. The molecule has 1 aromatic carbocycles. The van der Waals surface area contributed by atoms with Gasteiger partial charge in [0.15, 0.2) is 11.6 Å². The van der Waals surface area contributed by atoms with Crippen molar-refractivity contribution in [3.8, 4) is 0 Å². The zero-order chi connectivity index (χ0) is 16.9. The number of benzene rings is 1. The second-order valence-electron chi connectivity index (χ2n) is 5.84. The number of carbonyl (C=O) groups is 2. The maximum absolute atomic E-state index is 13.6. The zero-order valence-corrected chi connectivity index (χ0v) is 12.7. The zero-order valence-electron chi connectivity index (χ0n) is 12.7. The van der Waals surface area contributed by atoms with Crippen LogP contribution in [0.1, 0.15) is 26.3 Å². The topological polar surface area (TPSA) is 75.6 Å². The molecule has 1 amide bonds. The summed E-state index contributed by atoms with van der Waals surface area (Å²) in [5.74, 6) is -4.43. The van der Waals surface area contributed by atoms with Gasteiger partial charge in [0.25, 0.3) is 0 Å². The van der Waals surface area contributed by atoms with Gasteiger partial charge in [-0.2, -0.15) is 0 Å². The molecule has 1 rings (SSSR count). The molecule has 7 heteroatoms. The van der Waals surface area contributed by atoms with E-state index in [9.17, 15) is 18.4 Å². The molecule has 0 aliphatic heterocycles. The summed E-state index contributed by atoms with van der Waals surface area (Å²) in [5.41, 5.74) is -0.768. The van der Waals surface area contributed by atoms with E-state index in [2.05, 4.69) is 5.32 Å². The molecule has 5 nitrogen and oxygen atoms in total. The third kappa shape index (κ3) is 5.67. The van der Waals surface area contributed by atoms with Gasteiger partial charge < -0.3 is 15.2 Å². The van der Waals surface area contributed by atoms with Crippen LogP contribution in [0.25, 0.3) is 0 Å². The van der Waals surface area contributed by atoms with E-state index < -0.39 is 35.2 Å². The highest BCUT2D eigenvalue weighted by molar-refractivity contribution is 5.73. The number of carboxylic acid groups (broad SMARTS) is 1. The molecule has 0 spiro atoms. The van der Waals surface area contributed by atoms with Gasteiger partial charge >= 0.3 is 12.1 Å². The van der Waals surface area contributed by atoms with Crippen LogP contribution in [-0.2, 0) is 16.0 Å². The van der Waals surface area contributed by atoms with Crippen LogP contribution in [0.3, 0.4) is 0 Å². The summed E-state index contributed by atoms with van der Waals surface area (Å²) >= 11 is 0. The molecule has 0 radical (unpaired) electrons. The number of alkyl carbamates (subject to hydrolysis) is 1. The van der Waals surface area contributed by atoms with Crippen molar-refractivity contribution in [1.29, 1.82) is 0 Å². The predicted molar refractivity (Wildman–Crippen MR) is 75.4 cm³/mol. The molecule has 0 saturated carbocycles. The minimum absolute atomic E-state index is 0.0570. The third-order valence-corrected chi connectivity index (χ3v) is 2.74. The molecule has 1 aromatic rings. The lowest BCUT2D eigenvalue weighted by Gasteiger charge is -2.21. The molecule has 1 unspecified atom stereocenters. The van der Waals surface area contributed by atoms with Gasteiger partial charge in [-0.3, -0.25) is 4.79 Å². The quantitative estimate of drug-likeness (QED) is 0.876. The minimum atomic E-state index is -1.22. The maximum atomic E-state index is 13.6. The fraction of sp³-hybridized carbons (Fsp3) is 0.467. The van der Waals surface area contributed by atoms with Gasteiger partial charge in [0.05, 0.1) is 5.92 Å². The number of amides is 1. The summed E-state index contributed by atoms with van der Waals surface area (Å²) < 4.78 is 31.7. The van der Waals surface area contributed by atoms with Crippen molar-refractivity contribution in [3.05, 3.63) is 35.4 Å². The monoisotopic (exact) mass is 315 g/mol. The van der Waals surface area contributed by atoms with Crippen LogP contribution < -0.4 is 5.32 Å². The Kier molecular flexibility index (Phi) is 5.84. The number of rotatable bonds is 5. The molecule has 1 atom stereocenters. The van der Waals surface area contributed by atoms with Crippen molar-refractivity contribution in [3.63, 3.8) is 0 Å². The van der Waals surface area contributed by atoms with Gasteiger partial charge in [-0.1, -0.05) is 12.1 Å². The Hall–Kier alpha value is -2.18. The molecule has 0 fully saturated rings. The Labute approximate surface area is 127 Å². The first-order valence-electron chi connectivity index (χ1n) is 6.72. The molecule has 0 saturated heterocycles. The molecule has 0 heterocycles. The van der Waals surface area contributed by atoms with E-state index in [4.69, 9.17) is 9.84 Å². The first-order chi connectivity index (χ1) is 10.1. The van der Waals surface area contributed by atoms with E-state index in [-0.39, 0.29) is 18.5 Å². The van der Waals surface area contributed by atoms with Crippen LogP contribution in [0.4, 0.5) is 13.6 Å². The number of carboxylic acids is 1. The fourth-order valence-corrected chi connectivity index (χ4v) is 1.74. The molecule has 0 bridgehead atoms. The summed E-state index contributed by atoms with van der Waals surface area (Å²) in [6, 6.07) is 3.56. The van der Waals surface area contributed by atoms with Gasteiger partial charge in [0, 0.05) is 6.54 Å². The second kappa shape index (κ2) is 7.20. The summed E-state index contributed by atoms with van der Waals surface area (Å²) in [6.45, 7) is 4.76. The van der Waals surface area contributed by atoms with Gasteiger partial charge in [0.1, 0.15) is 5.60 Å². The minimum Gasteiger partial charge on any atom is -0.481 e. The number of ether oxygens (including phenoxy) is 1. The molecule has 22 heavy (non-hydrogen) atoms. The smallest absolute Gasteiger partial charge is 0.407 e. The highest BCUT2D eigenvalue weighted by Gasteiger charge is 2.23. The summed E-state index contributed by atoms with van der Waals surface area (Å²) in [7, 11) is 0. The van der Waals surface area contributed by atoms with E-state index in [1.54, 1.807) is 20.8 Å². The summed E-state index contributed by atoms with van der Waals surface area (Å²) in [5, 5.41) is 11.4. The number of aliphatic carboxylic acids is 1.